The molecular weight excluding hydrogens is 590 g/mol. The highest BCUT2D eigenvalue weighted by Crippen LogP contribution is 2.23. The average Bonchev–Trinajstić information content (AvgIpc) is 3.49. The van der Waals surface area contributed by atoms with Crippen molar-refractivity contribution in [2.24, 2.45) is 12.8 Å². The van der Waals surface area contributed by atoms with Gasteiger partial charge in [0.1, 0.15) is 5.75 Å². The van der Waals surface area contributed by atoms with Crippen molar-refractivity contribution < 1.29 is 9.53 Å². The lowest BCUT2D eigenvalue weighted by atomic mass is 10.0. The minimum atomic E-state index is -0.698. The zero-order valence-corrected chi connectivity index (χ0v) is 26.6. The summed E-state index contributed by atoms with van der Waals surface area (Å²) in [6, 6.07) is 25.0. The molecule has 0 aliphatic rings. The molecule has 0 atom stereocenters. The molecule has 3 aromatic carbocycles. The second-order valence-electron chi connectivity index (χ2n) is 10.9. The van der Waals surface area contributed by atoms with E-state index >= 15 is 0 Å². The van der Waals surface area contributed by atoms with Gasteiger partial charge in [-0.3, -0.25) is 18.8 Å². The monoisotopic (exact) mass is 625 g/mol. The molecule has 3 aromatic heterocycles. The number of aryl methyl sites for hydroxylation is 2. The number of benzene rings is 3. The number of amides is 1. The van der Waals surface area contributed by atoms with Gasteiger partial charge in [-0.2, -0.15) is 5.10 Å². The third kappa shape index (κ3) is 7.54. The van der Waals surface area contributed by atoms with Gasteiger partial charge in [-0.15, -0.1) is 0 Å². The average molecular weight is 626 g/mol. The van der Waals surface area contributed by atoms with Crippen LogP contribution >= 0.6 is 0 Å². The second-order valence-corrected chi connectivity index (χ2v) is 10.9. The molecule has 47 heavy (non-hydrogen) atoms. The van der Waals surface area contributed by atoms with Crippen LogP contribution < -0.4 is 21.8 Å². The van der Waals surface area contributed by atoms with Crippen molar-refractivity contribution in [2.45, 2.75) is 33.3 Å². The van der Waals surface area contributed by atoms with Gasteiger partial charge in [-0.05, 0) is 74.2 Å². The van der Waals surface area contributed by atoms with Crippen molar-refractivity contribution in [3.05, 3.63) is 130 Å². The summed E-state index contributed by atoms with van der Waals surface area (Å²) < 4.78 is 9.06. The van der Waals surface area contributed by atoms with Crippen molar-refractivity contribution in [3.63, 3.8) is 0 Å². The van der Waals surface area contributed by atoms with Gasteiger partial charge in [0, 0.05) is 35.8 Å². The van der Waals surface area contributed by atoms with Gasteiger partial charge in [0.25, 0.3) is 11.5 Å². The number of nitrogens with two attached hydrogens (primary N) is 2. The third-order valence-corrected chi connectivity index (χ3v) is 7.10. The predicted octanol–water partition coefficient (Wildman–Crippen LogP) is 5.30. The number of aromatic nitrogens is 5. The molecule has 0 bridgehead atoms. The van der Waals surface area contributed by atoms with Crippen molar-refractivity contribution >= 4 is 22.5 Å². The van der Waals surface area contributed by atoms with Crippen LogP contribution in [0.2, 0.25) is 0 Å². The minimum absolute atomic E-state index is 0.0231. The van der Waals surface area contributed by atoms with Crippen molar-refractivity contribution in [1.29, 1.82) is 0 Å². The number of nitrogens with zero attached hydrogens (tertiary/aromatic N) is 5. The number of hydrogen-bond acceptors (Lipinski definition) is 7. The summed E-state index contributed by atoms with van der Waals surface area (Å²) in [7, 11) is 1.86. The summed E-state index contributed by atoms with van der Waals surface area (Å²) in [5, 5.41) is 5.70. The van der Waals surface area contributed by atoms with E-state index in [1.165, 1.54) is 6.20 Å². The van der Waals surface area contributed by atoms with Crippen LogP contribution in [-0.2, 0) is 13.5 Å². The number of fused-ring (bicyclic) bond motifs is 1. The lowest BCUT2D eigenvalue weighted by Gasteiger charge is -2.14. The van der Waals surface area contributed by atoms with Gasteiger partial charge in [0.15, 0.2) is 11.5 Å². The van der Waals surface area contributed by atoms with E-state index in [1.54, 1.807) is 15.4 Å². The standard InChI is InChI=1S/C23H19N3O.C14H16N4O2/c1-3-20-14-19-9-7-8-18(13-12-17-15-24-25(2)16-17)22(19)23(27)26(20)21-10-5-4-6-11-21;1-8(2)20-10-5-3-9(4-6-10)11-7-17-13(15)12(18-11)14(16)19/h4-11,14-16H,3H2,1-2H3;3-8H,1-2H3,(H2,15,17)(H2,16,19). The van der Waals surface area contributed by atoms with E-state index in [9.17, 15) is 9.59 Å². The van der Waals surface area contributed by atoms with E-state index in [0.29, 0.717) is 11.1 Å². The molecule has 0 saturated carbocycles. The summed E-state index contributed by atoms with van der Waals surface area (Å²) in [4.78, 5) is 32.7. The van der Waals surface area contributed by atoms with E-state index in [2.05, 4.69) is 39.9 Å². The first-order chi connectivity index (χ1) is 22.6. The highest BCUT2D eigenvalue weighted by atomic mass is 16.5. The third-order valence-electron chi connectivity index (χ3n) is 7.10. The van der Waals surface area contributed by atoms with Gasteiger partial charge in [0.2, 0.25) is 0 Å². The Balaban J connectivity index is 0.000000194. The van der Waals surface area contributed by atoms with E-state index in [4.69, 9.17) is 16.2 Å². The first-order valence-electron chi connectivity index (χ1n) is 15.1. The number of carbonyl (C=O) groups excluding carboxylic acids is 1. The molecule has 4 N–H and O–H groups in total. The summed E-state index contributed by atoms with van der Waals surface area (Å²) in [5.74, 6) is 6.36. The van der Waals surface area contributed by atoms with Crippen molar-refractivity contribution in [3.8, 4) is 34.5 Å². The molecular formula is C37H35N7O3. The zero-order valence-electron chi connectivity index (χ0n) is 26.6. The topological polar surface area (TPSA) is 144 Å². The fourth-order valence-electron chi connectivity index (χ4n) is 4.96. The predicted molar refractivity (Wildman–Crippen MR) is 184 cm³/mol. The van der Waals surface area contributed by atoms with Gasteiger partial charge < -0.3 is 16.2 Å². The molecule has 1 amide bonds. The molecule has 236 valence electrons. The molecule has 0 fully saturated rings. The molecule has 6 aromatic rings. The number of rotatable bonds is 6. The Labute approximate surface area is 272 Å². The lowest BCUT2D eigenvalue weighted by Crippen LogP contribution is -2.22. The summed E-state index contributed by atoms with van der Waals surface area (Å²) >= 11 is 0. The van der Waals surface area contributed by atoms with Crippen LogP contribution in [0.3, 0.4) is 0 Å². The molecule has 10 heteroatoms. The second kappa shape index (κ2) is 14.3. The summed E-state index contributed by atoms with van der Waals surface area (Å²) in [5.41, 5.74) is 15.4. The number of hydrogen-bond donors (Lipinski definition) is 2. The van der Waals surface area contributed by atoms with Crippen LogP contribution in [0.25, 0.3) is 27.7 Å². The SMILES string of the molecule is CC(C)Oc1ccc(-c2cnc(N)c(C(N)=O)n2)cc1.CCc1cc2cccc(C#Cc3cnn(C)c3)c2c(=O)n1-c1ccccc1. The van der Waals surface area contributed by atoms with Gasteiger partial charge in [0.05, 0.1) is 35.1 Å². The summed E-state index contributed by atoms with van der Waals surface area (Å²) in [6.45, 7) is 5.98. The number of para-hydroxylation sites is 1. The first-order valence-corrected chi connectivity index (χ1v) is 15.1. The highest BCUT2D eigenvalue weighted by Gasteiger charge is 2.13. The smallest absolute Gasteiger partial charge is 0.271 e. The van der Waals surface area contributed by atoms with Crippen LogP contribution in [-0.4, -0.2) is 36.3 Å². The Morgan fingerprint density at radius 2 is 1.72 bits per heavy atom. The Hall–Kier alpha value is -6.21. The van der Waals surface area contributed by atoms with Gasteiger partial charge in [-0.25, -0.2) is 9.97 Å². The molecule has 6 rings (SSSR count). The van der Waals surface area contributed by atoms with Crippen LogP contribution in [0.15, 0.2) is 102 Å². The zero-order chi connectivity index (χ0) is 33.5. The molecule has 0 radical (unpaired) electrons. The Bertz CT molecular complexity index is 2160. The minimum Gasteiger partial charge on any atom is -0.491 e. The van der Waals surface area contributed by atoms with E-state index in [-0.39, 0.29) is 23.2 Å². The van der Waals surface area contributed by atoms with Crippen molar-refractivity contribution in [2.75, 3.05) is 5.73 Å². The maximum absolute atomic E-state index is 13.4. The quantitative estimate of drug-likeness (QED) is 0.239. The fourth-order valence-corrected chi connectivity index (χ4v) is 4.96. The van der Waals surface area contributed by atoms with Crippen LogP contribution in [0, 0.1) is 11.8 Å². The van der Waals surface area contributed by atoms with E-state index in [0.717, 1.165) is 45.6 Å². The summed E-state index contributed by atoms with van der Waals surface area (Å²) in [6.07, 6.45) is 5.95. The number of anilines is 1. The van der Waals surface area contributed by atoms with Gasteiger partial charge >= 0.3 is 0 Å². The van der Waals surface area contributed by atoms with E-state index < -0.39 is 5.91 Å². The largest absolute Gasteiger partial charge is 0.491 e. The molecule has 3 heterocycles. The number of carbonyl (C=O) groups is 1. The normalized spacial score (nSPS) is 10.6. The Kier molecular flexibility index (Phi) is 9.77. The molecule has 0 spiro atoms. The fraction of sp³-hybridized carbons (Fsp3) is 0.162. The maximum atomic E-state index is 13.4. The molecule has 0 aliphatic heterocycles. The molecule has 10 nitrogen and oxygen atoms in total. The maximum Gasteiger partial charge on any atom is 0.271 e. The van der Waals surface area contributed by atoms with Crippen LogP contribution in [0.1, 0.15) is 48.1 Å². The number of pyridine rings is 1. The Morgan fingerprint density at radius 3 is 2.36 bits per heavy atom. The Morgan fingerprint density at radius 1 is 0.979 bits per heavy atom. The number of nitrogen functional groups attached to an aromatic ring is 1. The van der Waals surface area contributed by atoms with Gasteiger partial charge in [-0.1, -0.05) is 49.1 Å². The number of ether oxygens (including phenoxy) is 1. The highest BCUT2D eigenvalue weighted by molar-refractivity contribution is 5.95. The molecule has 0 aliphatic carbocycles. The first kappa shape index (κ1) is 32.2. The molecule has 0 unspecified atom stereocenters. The lowest BCUT2D eigenvalue weighted by molar-refractivity contribution is 0.0996. The van der Waals surface area contributed by atoms with Crippen LogP contribution in [0.5, 0.6) is 5.75 Å². The molecule has 0 saturated heterocycles. The number of primary amides is 1. The van der Waals surface area contributed by atoms with E-state index in [1.807, 2.05) is 99.9 Å². The van der Waals surface area contributed by atoms with Crippen LogP contribution in [0.4, 0.5) is 5.82 Å². The van der Waals surface area contributed by atoms with Crippen molar-refractivity contribution in [1.82, 2.24) is 24.3 Å².